The van der Waals surface area contributed by atoms with Gasteiger partial charge in [-0.2, -0.15) is 0 Å². The van der Waals surface area contributed by atoms with Gasteiger partial charge in [0.15, 0.2) is 11.5 Å². The molecule has 0 amide bonds. The topological polar surface area (TPSA) is 27.7 Å². The average molecular weight is 409 g/mol. The van der Waals surface area contributed by atoms with Crippen molar-refractivity contribution in [1.82, 2.24) is 0 Å². The van der Waals surface area contributed by atoms with Crippen LogP contribution in [-0.2, 0) is 17.7 Å². The Bertz CT molecular complexity index is 911. The molecular weight excluding hydrogens is 374 g/mol. The highest BCUT2D eigenvalue weighted by Gasteiger charge is 2.36. The first kappa shape index (κ1) is 20.8. The molecule has 0 bridgehead atoms. The van der Waals surface area contributed by atoms with E-state index >= 15 is 0 Å². The molecule has 0 unspecified atom stereocenters. The standard InChI is InChI=1S/C26H34NO3/c1-5-30-26-22(15-21-16-24(28-3)25(29-4)17-23(21)26)20-11-13-27(2,14-12-20)18-19-9-7-6-8-10-19/h6-10,16-17,20H,5,11-15,18H2,1-4H3/q+1. The number of fused-ring (bicyclic) bond motifs is 1. The van der Waals surface area contributed by atoms with Gasteiger partial charge in [0.05, 0.1) is 41.0 Å². The van der Waals surface area contributed by atoms with Crippen molar-refractivity contribution in [3.63, 3.8) is 0 Å². The summed E-state index contributed by atoms with van der Waals surface area (Å²) in [6.07, 6.45) is 3.37. The van der Waals surface area contributed by atoms with Gasteiger partial charge < -0.3 is 18.7 Å². The molecule has 1 fully saturated rings. The van der Waals surface area contributed by atoms with Crippen LogP contribution in [0.5, 0.6) is 11.5 Å². The number of quaternary nitrogens is 1. The molecule has 0 aromatic heterocycles. The lowest BCUT2D eigenvalue weighted by molar-refractivity contribution is -0.927. The molecule has 1 heterocycles. The van der Waals surface area contributed by atoms with Gasteiger partial charge in [-0.1, -0.05) is 30.3 Å². The molecule has 0 atom stereocenters. The molecule has 2 aromatic rings. The van der Waals surface area contributed by atoms with Crippen molar-refractivity contribution in [3.05, 3.63) is 64.7 Å². The third-order valence-electron chi connectivity index (χ3n) is 6.75. The maximum atomic E-state index is 6.19. The molecule has 4 rings (SSSR count). The summed E-state index contributed by atoms with van der Waals surface area (Å²) in [5.41, 5.74) is 5.36. The zero-order valence-electron chi connectivity index (χ0n) is 18.7. The molecule has 30 heavy (non-hydrogen) atoms. The van der Waals surface area contributed by atoms with E-state index in [9.17, 15) is 0 Å². The van der Waals surface area contributed by atoms with Gasteiger partial charge in [0.25, 0.3) is 0 Å². The number of allylic oxidation sites excluding steroid dienone is 1. The Hall–Kier alpha value is -2.46. The van der Waals surface area contributed by atoms with Crippen molar-refractivity contribution in [3.8, 4) is 11.5 Å². The van der Waals surface area contributed by atoms with Crippen LogP contribution in [0, 0.1) is 5.92 Å². The van der Waals surface area contributed by atoms with Crippen molar-refractivity contribution in [1.29, 1.82) is 0 Å². The number of piperidine rings is 1. The summed E-state index contributed by atoms with van der Waals surface area (Å²) in [6.45, 7) is 6.26. The molecule has 4 nitrogen and oxygen atoms in total. The fourth-order valence-corrected chi connectivity index (χ4v) is 5.10. The zero-order valence-corrected chi connectivity index (χ0v) is 18.7. The fourth-order valence-electron chi connectivity index (χ4n) is 5.10. The molecule has 0 saturated carbocycles. The average Bonchev–Trinajstić information content (AvgIpc) is 3.11. The Kier molecular flexibility index (Phi) is 6.05. The summed E-state index contributed by atoms with van der Waals surface area (Å²) in [5.74, 6) is 3.23. The minimum atomic E-state index is 0.581. The second kappa shape index (κ2) is 8.73. The van der Waals surface area contributed by atoms with E-state index in [2.05, 4.69) is 56.4 Å². The van der Waals surface area contributed by atoms with Crippen LogP contribution in [0.1, 0.15) is 36.5 Å². The molecule has 160 valence electrons. The maximum absolute atomic E-state index is 6.19. The quantitative estimate of drug-likeness (QED) is 0.599. The summed E-state index contributed by atoms with van der Waals surface area (Å²) in [6, 6.07) is 15.1. The van der Waals surface area contributed by atoms with Crippen LogP contribution in [0.4, 0.5) is 0 Å². The Morgan fingerprint density at radius 3 is 2.27 bits per heavy atom. The van der Waals surface area contributed by atoms with Gasteiger partial charge in [0.2, 0.25) is 0 Å². The number of hydrogen-bond acceptors (Lipinski definition) is 3. The first-order valence-electron chi connectivity index (χ1n) is 11.1. The van der Waals surface area contributed by atoms with E-state index in [0.717, 1.165) is 34.7 Å². The van der Waals surface area contributed by atoms with Crippen LogP contribution in [0.15, 0.2) is 48.0 Å². The van der Waals surface area contributed by atoms with E-state index < -0.39 is 0 Å². The van der Waals surface area contributed by atoms with Gasteiger partial charge in [-0.05, 0) is 42.5 Å². The normalized spacial score (nSPS) is 23.3. The molecule has 0 spiro atoms. The minimum absolute atomic E-state index is 0.581. The minimum Gasteiger partial charge on any atom is -0.493 e. The predicted molar refractivity (Wildman–Crippen MR) is 121 cm³/mol. The van der Waals surface area contributed by atoms with Crippen molar-refractivity contribution < 1.29 is 18.7 Å². The van der Waals surface area contributed by atoms with Gasteiger partial charge in [0.1, 0.15) is 12.3 Å². The first-order valence-corrected chi connectivity index (χ1v) is 11.1. The highest BCUT2D eigenvalue weighted by molar-refractivity contribution is 5.75. The summed E-state index contributed by atoms with van der Waals surface area (Å²) >= 11 is 0. The number of methoxy groups -OCH3 is 2. The van der Waals surface area contributed by atoms with E-state index in [1.165, 1.54) is 48.2 Å². The van der Waals surface area contributed by atoms with E-state index in [1.807, 2.05) is 0 Å². The molecular formula is C26H34NO3+. The fraction of sp³-hybridized carbons (Fsp3) is 0.462. The maximum Gasteiger partial charge on any atom is 0.161 e. The zero-order chi connectivity index (χ0) is 21.1. The molecule has 1 aliphatic heterocycles. The van der Waals surface area contributed by atoms with Gasteiger partial charge in [-0.25, -0.2) is 0 Å². The van der Waals surface area contributed by atoms with E-state index in [1.54, 1.807) is 14.2 Å². The summed E-state index contributed by atoms with van der Waals surface area (Å²) in [4.78, 5) is 0. The molecule has 0 radical (unpaired) electrons. The lowest BCUT2D eigenvalue weighted by Gasteiger charge is -2.41. The third kappa shape index (κ3) is 4.06. The van der Waals surface area contributed by atoms with E-state index in [4.69, 9.17) is 14.2 Å². The second-order valence-corrected chi connectivity index (χ2v) is 8.81. The number of hydrogen-bond donors (Lipinski definition) is 0. The van der Waals surface area contributed by atoms with E-state index in [0.29, 0.717) is 12.5 Å². The number of ether oxygens (including phenoxy) is 3. The van der Waals surface area contributed by atoms with Crippen LogP contribution in [-0.4, -0.2) is 45.4 Å². The monoisotopic (exact) mass is 408 g/mol. The predicted octanol–water partition coefficient (Wildman–Crippen LogP) is 5.06. The molecule has 1 aliphatic carbocycles. The Morgan fingerprint density at radius 2 is 1.63 bits per heavy atom. The van der Waals surface area contributed by atoms with Gasteiger partial charge in [-0.3, -0.25) is 0 Å². The van der Waals surface area contributed by atoms with Crippen LogP contribution >= 0.6 is 0 Å². The highest BCUT2D eigenvalue weighted by atomic mass is 16.5. The largest absolute Gasteiger partial charge is 0.493 e. The van der Waals surface area contributed by atoms with Crippen LogP contribution in [0.3, 0.4) is 0 Å². The lowest BCUT2D eigenvalue weighted by atomic mass is 9.86. The Morgan fingerprint density at radius 1 is 0.967 bits per heavy atom. The number of rotatable bonds is 7. The van der Waals surface area contributed by atoms with Gasteiger partial charge in [0, 0.05) is 24.0 Å². The van der Waals surface area contributed by atoms with Gasteiger partial charge >= 0.3 is 0 Å². The van der Waals surface area contributed by atoms with E-state index in [-0.39, 0.29) is 0 Å². The molecule has 2 aromatic carbocycles. The lowest BCUT2D eigenvalue weighted by Crippen LogP contribution is -2.49. The van der Waals surface area contributed by atoms with Crippen LogP contribution < -0.4 is 9.47 Å². The Labute approximate surface area is 180 Å². The third-order valence-corrected chi connectivity index (χ3v) is 6.75. The van der Waals surface area contributed by atoms with Crippen LogP contribution in [0.25, 0.3) is 5.76 Å². The second-order valence-electron chi connectivity index (χ2n) is 8.81. The van der Waals surface area contributed by atoms with Crippen molar-refractivity contribution in [2.75, 3.05) is 41.0 Å². The van der Waals surface area contributed by atoms with Gasteiger partial charge in [-0.15, -0.1) is 0 Å². The SMILES string of the molecule is CCOC1=C(C2CC[N+](C)(Cc3ccccc3)CC2)Cc2cc(OC)c(OC)cc21. The number of nitrogens with zero attached hydrogens (tertiary/aromatic N) is 1. The summed E-state index contributed by atoms with van der Waals surface area (Å²) in [5, 5.41) is 0. The molecule has 0 N–H and O–H groups in total. The smallest absolute Gasteiger partial charge is 0.161 e. The van der Waals surface area contributed by atoms with Crippen molar-refractivity contribution in [2.24, 2.45) is 5.92 Å². The van der Waals surface area contributed by atoms with Crippen molar-refractivity contribution in [2.45, 2.75) is 32.7 Å². The number of likely N-dealkylation sites (tertiary alicyclic amines) is 1. The summed E-state index contributed by atoms with van der Waals surface area (Å²) < 4.78 is 18.4. The summed E-state index contributed by atoms with van der Waals surface area (Å²) in [7, 11) is 5.79. The number of benzene rings is 2. The van der Waals surface area contributed by atoms with Crippen molar-refractivity contribution >= 4 is 5.76 Å². The molecule has 2 aliphatic rings. The highest BCUT2D eigenvalue weighted by Crippen LogP contribution is 2.45. The molecule has 1 saturated heterocycles. The molecule has 4 heteroatoms. The van der Waals surface area contributed by atoms with Crippen LogP contribution in [0.2, 0.25) is 0 Å². The first-order chi connectivity index (χ1) is 14.6. The Balaban J connectivity index is 1.53.